The van der Waals surface area contributed by atoms with E-state index in [1.54, 1.807) is 11.0 Å². The van der Waals surface area contributed by atoms with Crippen LogP contribution in [0.4, 0.5) is 13.2 Å². The summed E-state index contributed by atoms with van der Waals surface area (Å²) in [5.74, 6) is -0.266. The van der Waals surface area contributed by atoms with Crippen molar-refractivity contribution < 1.29 is 22.8 Å². The maximum absolute atomic E-state index is 12.8. The lowest BCUT2D eigenvalue weighted by molar-refractivity contribution is -0.137. The number of carbonyl (C=O) groups excluding carboxylic acids is 2. The molecule has 0 aliphatic carbocycles. The van der Waals surface area contributed by atoms with Crippen LogP contribution in [-0.4, -0.2) is 54.3 Å². The monoisotopic (exact) mass is 371 g/mol. The van der Waals surface area contributed by atoms with Crippen LogP contribution in [0.1, 0.15) is 30.9 Å². The zero-order valence-corrected chi connectivity index (χ0v) is 14.8. The SMILES string of the molecule is CCCC(=O)NCC(=O)N1CCN(Cc2cccc(C(F)(F)F)c2)CC1. The van der Waals surface area contributed by atoms with E-state index in [2.05, 4.69) is 5.32 Å². The number of nitrogens with one attached hydrogen (secondary N) is 1. The van der Waals surface area contributed by atoms with Crippen molar-refractivity contribution in [3.8, 4) is 0 Å². The molecule has 144 valence electrons. The molecule has 26 heavy (non-hydrogen) atoms. The first-order chi connectivity index (χ1) is 12.3. The van der Waals surface area contributed by atoms with Crippen LogP contribution in [0.25, 0.3) is 0 Å². The molecule has 1 aromatic carbocycles. The number of carbonyl (C=O) groups is 2. The van der Waals surface area contributed by atoms with Gasteiger partial charge in [-0.2, -0.15) is 13.2 Å². The fraction of sp³-hybridized carbons (Fsp3) is 0.556. The van der Waals surface area contributed by atoms with Crippen LogP contribution in [0.3, 0.4) is 0 Å². The van der Waals surface area contributed by atoms with Crippen LogP contribution in [0.5, 0.6) is 0 Å². The zero-order valence-electron chi connectivity index (χ0n) is 14.8. The molecule has 1 aliphatic rings. The summed E-state index contributed by atoms with van der Waals surface area (Å²) in [4.78, 5) is 27.2. The minimum atomic E-state index is -4.34. The molecule has 2 rings (SSSR count). The van der Waals surface area contributed by atoms with E-state index in [1.165, 1.54) is 12.1 Å². The Kier molecular flexibility index (Phi) is 7.02. The summed E-state index contributed by atoms with van der Waals surface area (Å²) < 4.78 is 38.3. The van der Waals surface area contributed by atoms with Gasteiger partial charge in [-0.05, 0) is 18.1 Å². The lowest BCUT2D eigenvalue weighted by Gasteiger charge is -2.34. The van der Waals surface area contributed by atoms with E-state index in [4.69, 9.17) is 0 Å². The largest absolute Gasteiger partial charge is 0.416 e. The van der Waals surface area contributed by atoms with Crippen LogP contribution in [-0.2, 0) is 22.3 Å². The molecular weight excluding hydrogens is 347 g/mol. The van der Waals surface area contributed by atoms with Gasteiger partial charge in [0.05, 0.1) is 12.1 Å². The average Bonchev–Trinajstić information content (AvgIpc) is 2.60. The molecule has 1 saturated heterocycles. The third-order valence-electron chi connectivity index (χ3n) is 4.30. The maximum Gasteiger partial charge on any atom is 0.416 e. The topological polar surface area (TPSA) is 52.7 Å². The van der Waals surface area contributed by atoms with Crippen LogP contribution >= 0.6 is 0 Å². The number of amides is 2. The highest BCUT2D eigenvalue weighted by atomic mass is 19.4. The summed E-state index contributed by atoms with van der Waals surface area (Å²) >= 11 is 0. The van der Waals surface area contributed by atoms with Crippen molar-refractivity contribution in [1.82, 2.24) is 15.1 Å². The summed E-state index contributed by atoms with van der Waals surface area (Å²) in [5, 5.41) is 2.60. The molecule has 1 aromatic rings. The minimum absolute atomic E-state index is 0.00748. The first kappa shape index (κ1) is 20.2. The van der Waals surface area contributed by atoms with Gasteiger partial charge in [-0.15, -0.1) is 0 Å². The first-order valence-corrected chi connectivity index (χ1v) is 8.72. The predicted molar refractivity (Wildman–Crippen MR) is 91.2 cm³/mol. The van der Waals surface area contributed by atoms with E-state index in [-0.39, 0.29) is 18.4 Å². The first-order valence-electron chi connectivity index (χ1n) is 8.72. The predicted octanol–water partition coefficient (Wildman–Crippen LogP) is 2.27. The van der Waals surface area contributed by atoms with Gasteiger partial charge in [0.25, 0.3) is 0 Å². The number of rotatable bonds is 6. The Morgan fingerprint density at radius 3 is 2.46 bits per heavy atom. The van der Waals surface area contributed by atoms with Gasteiger partial charge in [0.15, 0.2) is 0 Å². The van der Waals surface area contributed by atoms with E-state index in [1.807, 2.05) is 11.8 Å². The Hall–Kier alpha value is -2.09. The van der Waals surface area contributed by atoms with Gasteiger partial charge in [0, 0.05) is 39.1 Å². The second-order valence-electron chi connectivity index (χ2n) is 6.38. The zero-order chi connectivity index (χ0) is 19.2. The molecule has 1 heterocycles. The van der Waals surface area contributed by atoms with Crippen LogP contribution in [0.15, 0.2) is 24.3 Å². The summed E-state index contributed by atoms with van der Waals surface area (Å²) in [5.41, 5.74) is -0.0435. The number of benzene rings is 1. The van der Waals surface area contributed by atoms with Crippen molar-refractivity contribution in [2.75, 3.05) is 32.7 Å². The number of nitrogens with zero attached hydrogens (tertiary/aromatic N) is 2. The molecule has 1 aliphatic heterocycles. The fourth-order valence-electron chi connectivity index (χ4n) is 2.86. The number of alkyl halides is 3. The van der Waals surface area contributed by atoms with E-state index in [0.29, 0.717) is 44.7 Å². The summed E-state index contributed by atoms with van der Waals surface area (Å²) in [6.45, 7) is 4.48. The third-order valence-corrected chi connectivity index (χ3v) is 4.30. The van der Waals surface area contributed by atoms with Crippen LogP contribution in [0, 0.1) is 0 Å². The van der Waals surface area contributed by atoms with Gasteiger partial charge in [-0.25, -0.2) is 0 Å². The minimum Gasteiger partial charge on any atom is -0.347 e. The molecule has 1 N–H and O–H groups in total. The Morgan fingerprint density at radius 2 is 1.85 bits per heavy atom. The Bertz CT molecular complexity index is 626. The number of hydrogen-bond donors (Lipinski definition) is 1. The molecule has 0 spiro atoms. The normalized spacial score (nSPS) is 15.8. The summed E-state index contributed by atoms with van der Waals surface area (Å²) in [6, 6.07) is 5.32. The number of halogens is 3. The standard InChI is InChI=1S/C18H24F3N3O2/c1-2-4-16(25)22-12-17(26)24-9-7-23(8-10-24)13-14-5-3-6-15(11-14)18(19,20)21/h3,5-6,11H,2,4,7-10,12-13H2,1H3,(H,22,25). The van der Waals surface area contributed by atoms with E-state index >= 15 is 0 Å². The molecule has 0 radical (unpaired) electrons. The number of hydrogen-bond acceptors (Lipinski definition) is 3. The van der Waals surface area contributed by atoms with E-state index < -0.39 is 11.7 Å². The maximum atomic E-state index is 12.8. The summed E-state index contributed by atoms with van der Waals surface area (Å²) in [7, 11) is 0. The van der Waals surface area contributed by atoms with Crippen LogP contribution < -0.4 is 5.32 Å². The second-order valence-corrected chi connectivity index (χ2v) is 6.38. The van der Waals surface area contributed by atoms with Gasteiger partial charge in [0.2, 0.25) is 11.8 Å². The molecule has 0 aromatic heterocycles. The smallest absolute Gasteiger partial charge is 0.347 e. The second kappa shape index (κ2) is 9.02. The fourth-order valence-corrected chi connectivity index (χ4v) is 2.86. The van der Waals surface area contributed by atoms with Gasteiger partial charge < -0.3 is 10.2 Å². The van der Waals surface area contributed by atoms with E-state index in [9.17, 15) is 22.8 Å². The van der Waals surface area contributed by atoms with Gasteiger partial charge >= 0.3 is 6.18 Å². The highest BCUT2D eigenvalue weighted by Crippen LogP contribution is 2.29. The van der Waals surface area contributed by atoms with Gasteiger partial charge in [0.1, 0.15) is 0 Å². The molecule has 0 unspecified atom stereocenters. The van der Waals surface area contributed by atoms with Crippen molar-refractivity contribution in [1.29, 1.82) is 0 Å². The highest BCUT2D eigenvalue weighted by molar-refractivity contribution is 5.84. The molecular formula is C18H24F3N3O2. The lowest BCUT2D eigenvalue weighted by atomic mass is 10.1. The molecule has 0 saturated carbocycles. The van der Waals surface area contributed by atoms with Crippen LogP contribution in [0.2, 0.25) is 0 Å². The third kappa shape index (κ3) is 6.01. The average molecular weight is 371 g/mol. The molecule has 1 fully saturated rings. The van der Waals surface area contributed by atoms with Crippen molar-refractivity contribution in [2.45, 2.75) is 32.5 Å². The van der Waals surface area contributed by atoms with Gasteiger partial charge in [-0.3, -0.25) is 14.5 Å². The lowest BCUT2D eigenvalue weighted by Crippen LogP contribution is -2.50. The van der Waals surface area contributed by atoms with Crippen molar-refractivity contribution in [3.05, 3.63) is 35.4 Å². The Morgan fingerprint density at radius 1 is 1.15 bits per heavy atom. The molecule has 5 nitrogen and oxygen atoms in total. The van der Waals surface area contributed by atoms with Crippen molar-refractivity contribution in [3.63, 3.8) is 0 Å². The Balaban J connectivity index is 1.80. The number of piperazine rings is 1. The van der Waals surface area contributed by atoms with Gasteiger partial charge in [-0.1, -0.05) is 25.1 Å². The summed E-state index contributed by atoms with van der Waals surface area (Å²) in [6.07, 6.45) is -3.21. The molecule has 0 bridgehead atoms. The highest BCUT2D eigenvalue weighted by Gasteiger charge is 2.30. The van der Waals surface area contributed by atoms with E-state index in [0.717, 1.165) is 12.5 Å². The quantitative estimate of drug-likeness (QED) is 0.835. The molecule has 0 atom stereocenters. The Labute approximate surface area is 151 Å². The van der Waals surface area contributed by atoms with Crippen molar-refractivity contribution >= 4 is 11.8 Å². The molecule has 8 heteroatoms. The van der Waals surface area contributed by atoms with Crippen molar-refractivity contribution in [2.24, 2.45) is 0 Å². The molecule has 2 amide bonds.